The molecule has 1 amide bonds. The largest absolute Gasteiger partial charge is 0.384 e. The highest BCUT2D eigenvalue weighted by Gasteiger charge is 2.31. The Morgan fingerprint density at radius 2 is 2.00 bits per heavy atom. The van der Waals surface area contributed by atoms with Crippen molar-refractivity contribution in [3.8, 4) is 0 Å². The highest BCUT2D eigenvalue weighted by atomic mass is 32.1. The zero-order valence-electron chi connectivity index (χ0n) is 20.4. The van der Waals surface area contributed by atoms with Gasteiger partial charge in [-0.1, -0.05) is 6.07 Å². The van der Waals surface area contributed by atoms with Gasteiger partial charge in [-0.2, -0.15) is 0 Å². The summed E-state index contributed by atoms with van der Waals surface area (Å²) < 4.78 is 2.58. The van der Waals surface area contributed by atoms with Gasteiger partial charge in [0.2, 0.25) is 5.91 Å². The van der Waals surface area contributed by atoms with Crippen molar-refractivity contribution in [2.75, 3.05) is 17.6 Å². The number of nitrogen functional groups attached to an aromatic ring is 1. The minimum Gasteiger partial charge on any atom is -0.384 e. The van der Waals surface area contributed by atoms with Gasteiger partial charge in [-0.15, -0.1) is 11.3 Å². The zero-order valence-corrected chi connectivity index (χ0v) is 21.3. The van der Waals surface area contributed by atoms with Crippen LogP contribution in [0.3, 0.4) is 0 Å². The topological polar surface area (TPSA) is 128 Å². The number of pyridine rings is 2. The molecule has 0 saturated heterocycles. The number of aromatic nitrogens is 4. The van der Waals surface area contributed by atoms with Crippen molar-refractivity contribution >= 4 is 38.8 Å². The first-order chi connectivity index (χ1) is 18.0. The number of carbonyl (C=O) groups excluding carboxylic acids is 1. The van der Waals surface area contributed by atoms with E-state index in [4.69, 9.17) is 5.73 Å². The smallest absolute Gasteiger partial charge is 0.277 e. The summed E-state index contributed by atoms with van der Waals surface area (Å²) in [5.41, 5.74) is 8.41. The van der Waals surface area contributed by atoms with E-state index in [0.717, 1.165) is 27.8 Å². The summed E-state index contributed by atoms with van der Waals surface area (Å²) in [5.74, 6) is 1.62. The van der Waals surface area contributed by atoms with Gasteiger partial charge < -0.3 is 16.4 Å². The van der Waals surface area contributed by atoms with E-state index < -0.39 is 6.04 Å². The van der Waals surface area contributed by atoms with Crippen molar-refractivity contribution in [1.29, 1.82) is 0 Å². The van der Waals surface area contributed by atoms with Crippen LogP contribution in [-0.2, 0) is 24.2 Å². The molecule has 1 saturated carbocycles. The third-order valence-corrected chi connectivity index (χ3v) is 8.14. The minimum absolute atomic E-state index is 0.169. The Morgan fingerprint density at radius 3 is 2.81 bits per heavy atom. The lowest BCUT2D eigenvalue weighted by atomic mass is 10.1. The second-order valence-corrected chi connectivity index (χ2v) is 11.0. The molecule has 4 aromatic heterocycles. The number of amides is 1. The Morgan fingerprint density at radius 1 is 1.11 bits per heavy atom. The second-order valence-electron chi connectivity index (χ2n) is 9.79. The maximum Gasteiger partial charge on any atom is 0.277 e. The number of nitrogens with zero attached hydrogens (tertiary/aromatic N) is 4. The first-order valence-corrected chi connectivity index (χ1v) is 13.6. The number of hydrogen-bond donors (Lipinski definition) is 3. The van der Waals surface area contributed by atoms with Crippen LogP contribution >= 0.6 is 11.3 Å². The molecule has 190 valence electrons. The van der Waals surface area contributed by atoms with Crippen molar-refractivity contribution in [1.82, 2.24) is 24.8 Å². The van der Waals surface area contributed by atoms with E-state index in [1.165, 1.54) is 24.1 Å². The molecule has 0 bridgehead atoms. The Kier molecular flexibility index (Phi) is 6.33. The highest BCUT2D eigenvalue weighted by Crippen LogP contribution is 2.38. The van der Waals surface area contributed by atoms with Crippen molar-refractivity contribution in [3.63, 3.8) is 0 Å². The molecular formula is C27H29N7O2S. The van der Waals surface area contributed by atoms with Gasteiger partial charge in [-0.25, -0.2) is 9.97 Å². The number of nitrogens with two attached hydrogens (primary N) is 1. The summed E-state index contributed by atoms with van der Waals surface area (Å²) in [5, 5.41) is 7.22. The lowest BCUT2D eigenvalue weighted by Crippen LogP contribution is -2.36. The van der Waals surface area contributed by atoms with Gasteiger partial charge in [0, 0.05) is 51.9 Å². The van der Waals surface area contributed by atoms with E-state index in [0.29, 0.717) is 49.2 Å². The molecule has 37 heavy (non-hydrogen) atoms. The molecule has 4 aromatic rings. The first-order valence-electron chi connectivity index (χ1n) is 12.8. The third-order valence-electron chi connectivity index (χ3n) is 7.04. The SMILES string of the molecule is Nc1cc2sc(CNC(=O)[C@@H]3CCc4ncc(NCCCc5ccc(C6CC6)nc5)c(=O)n43)cc2cn1. The summed E-state index contributed by atoms with van der Waals surface area (Å²) >= 11 is 1.57. The van der Waals surface area contributed by atoms with Crippen LogP contribution in [0, 0.1) is 0 Å². The Balaban J connectivity index is 1.06. The molecule has 9 nitrogen and oxygen atoms in total. The Labute approximate surface area is 218 Å². The molecule has 1 atom stereocenters. The molecular weight excluding hydrogens is 486 g/mol. The number of thiophene rings is 1. The van der Waals surface area contributed by atoms with Gasteiger partial charge >= 0.3 is 0 Å². The van der Waals surface area contributed by atoms with Crippen LogP contribution in [0.1, 0.15) is 59.6 Å². The fourth-order valence-electron chi connectivity index (χ4n) is 4.88. The standard InChI is InChI=1S/C27H29N7O2S/c28-24-11-23-18(13-31-24)10-19(37-23)14-33-26(35)22-7-8-25-32-15-21(27(36)34(22)25)29-9-1-2-16-3-6-20(30-12-16)17-4-5-17/h3,6,10-13,15,17,22,29H,1-2,4-5,7-9,14H2,(H2,28,31)(H,33,35)/t22-/m0/s1. The van der Waals surface area contributed by atoms with Crippen LogP contribution in [0.5, 0.6) is 0 Å². The molecule has 1 fully saturated rings. The molecule has 5 heterocycles. The average Bonchev–Trinajstić information content (AvgIpc) is 3.53. The summed E-state index contributed by atoms with van der Waals surface area (Å²) in [4.78, 5) is 40.4. The first kappa shape index (κ1) is 23.6. The van der Waals surface area contributed by atoms with E-state index in [2.05, 4.69) is 37.7 Å². The molecule has 2 aliphatic rings. The van der Waals surface area contributed by atoms with Gasteiger partial charge in [-0.3, -0.25) is 19.1 Å². The predicted molar refractivity (Wildman–Crippen MR) is 145 cm³/mol. The molecule has 0 aromatic carbocycles. The number of hydrogen-bond acceptors (Lipinski definition) is 8. The van der Waals surface area contributed by atoms with Gasteiger partial charge in [0.15, 0.2) is 0 Å². The minimum atomic E-state index is -0.556. The van der Waals surface area contributed by atoms with Crippen LogP contribution in [0.2, 0.25) is 0 Å². The van der Waals surface area contributed by atoms with Crippen molar-refractivity contribution in [2.45, 2.75) is 57.0 Å². The molecule has 10 heteroatoms. The molecule has 0 spiro atoms. The number of fused-ring (bicyclic) bond motifs is 2. The van der Waals surface area contributed by atoms with Crippen LogP contribution in [-0.4, -0.2) is 32.0 Å². The van der Waals surface area contributed by atoms with Gasteiger partial charge in [0.25, 0.3) is 5.56 Å². The molecule has 1 aliphatic carbocycles. The number of rotatable bonds is 9. The fourth-order valence-corrected chi connectivity index (χ4v) is 5.90. The summed E-state index contributed by atoms with van der Waals surface area (Å²) in [6.45, 7) is 1.03. The monoisotopic (exact) mass is 515 g/mol. The fraction of sp³-hybridized carbons (Fsp3) is 0.370. The van der Waals surface area contributed by atoms with Gasteiger partial charge in [0.05, 0.1) is 12.7 Å². The van der Waals surface area contributed by atoms with E-state index in [1.54, 1.807) is 28.3 Å². The molecule has 6 rings (SSSR count). The van der Waals surface area contributed by atoms with Gasteiger partial charge in [0.1, 0.15) is 23.4 Å². The third kappa shape index (κ3) is 5.06. The lowest BCUT2D eigenvalue weighted by molar-refractivity contribution is -0.124. The summed E-state index contributed by atoms with van der Waals surface area (Å²) in [6.07, 6.45) is 10.7. The maximum atomic E-state index is 13.2. The quantitative estimate of drug-likeness (QED) is 0.291. The lowest BCUT2D eigenvalue weighted by Gasteiger charge is -2.15. The normalized spacial score (nSPS) is 16.6. The van der Waals surface area contributed by atoms with Crippen molar-refractivity contribution in [2.24, 2.45) is 0 Å². The molecule has 4 N–H and O–H groups in total. The number of carbonyl (C=O) groups is 1. The van der Waals surface area contributed by atoms with E-state index in [1.807, 2.05) is 18.3 Å². The Hall–Kier alpha value is -3.79. The van der Waals surface area contributed by atoms with E-state index >= 15 is 0 Å². The summed E-state index contributed by atoms with van der Waals surface area (Å²) in [7, 11) is 0. The number of aryl methyl sites for hydroxylation is 2. The predicted octanol–water partition coefficient (Wildman–Crippen LogP) is 3.56. The van der Waals surface area contributed by atoms with Crippen molar-refractivity contribution < 1.29 is 4.79 Å². The van der Waals surface area contributed by atoms with Crippen LogP contribution in [0.15, 0.2) is 47.7 Å². The van der Waals surface area contributed by atoms with E-state index in [9.17, 15) is 9.59 Å². The number of nitrogens with one attached hydrogen (secondary N) is 2. The molecule has 0 radical (unpaired) electrons. The van der Waals surface area contributed by atoms with Crippen LogP contribution in [0.25, 0.3) is 10.1 Å². The average molecular weight is 516 g/mol. The number of anilines is 2. The van der Waals surface area contributed by atoms with E-state index in [-0.39, 0.29) is 11.5 Å². The molecule has 1 aliphatic heterocycles. The zero-order chi connectivity index (χ0) is 25.4. The van der Waals surface area contributed by atoms with Gasteiger partial charge in [-0.05, 0) is 55.9 Å². The van der Waals surface area contributed by atoms with Crippen LogP contribution in [0.4, 0.5) is 11.5 Å². The maximum absolute atomic E-state index is 13.2. The summed E-state index contributed by atoms with van der Waals surface area (Å²) in [6, 6.07) is 7.57. The second kappa shape index (κ2) is 9.93. The van der Waals surface area contributed by atoms with Crippen LogP contribution < -0.4 is 21.9 Å². The van der Waals surface area contributed by atoms with Crippen molar-refractivity contribution in [3.05, 3.63) is 75.2 Å². The highest BCUT2D eigenvalue weighted by molar-refractivity contribution is 7.19. The Bertz CT molecular complexity index is 1510. The molecule has 0 unspecified atom stereocenters.